The molecule has 1 aliphatic heterocycles. The number of hydrogen-bond acceptors (Lipinski definition) is 1. The van der Waals surface area contributed by atoms with Gasteiger partial charge in [0, 0.05) is 28.2 Å². The molecule has 0 fully saturated rings. The zero-order chi connectivity index (χ0) is 36.7. The third-order valence-corrected chi connectivity index (χ3v) is 12.3. The Labute approximate surface area is 325 Å². The second kappa shape index (κ2) is 12.2. The van der Waals surface area contributed by atoms with Crippen LogP contribution in [-0.2, 0) is 0 Å². The first-order valence-electron chi connectivity index (χ1n) is 19.6. The fourth-order valence-electron chi connectivity index (χ4n) is 9.95. The van der Waals surface area contributed by atoms with Crippen LogP contribution < -0.4 is 4.90 Å². The van der Waals surface area contributed by atoms with Crippen LogP contribution in [0.15, 0.2) is 200 Å². The van der Waals surface area contributed by atoms with E-state index in [1.165, 1.54) is 99.4 Å². The highest BCUT2D eigenvalue weighted by Gasteiger charge is 2.43. The van der Waals surface area contributed by atoms with Gasteiger partial charge in [0.05, 0.1) is 22.9 Å². The summed E-state index contributed by atoms with van der Waals surface area (Å²) in [6.07, 6.45) is 4.86. The van der Waals surface area contributed by atoms with Crippen LogP contribution in [0.1, 0.15) is 22.7 Å². The molecule has 2 atom stereocenters. The molecule has 2 heterocycles. The van der Waals surface area contributed by atoms with Crippen molar-refractivity contribution in [1.29, 1.82) is 0 Å². The summed E-state index contributed by atoms with van der Waals surface area (Å²) >= 11 is 0. The summed E-state index contributed by atoms with van der Waals surface area (Å²) in [5, 5.41) is 9.10. The molecule has 56 heavy (non-hydrogen) atoms. The highest BCUT2D eigenvalue weighted by Crippen LogP contribution is 2.54. The van der Waals surface area contributed by atoms with Gasteiger partial charge < -0.3 is 9.47 Å². The molecule has 9 aromatic carbocycles. The number of fused-ring (bicyclic) bond motifs is 13. The third kappa shape index (κ3) is 4.50. The summed E-state index contributed by atoms with van der Waals surface area (Å²) in [5.41, 5.74) is 13.8. The Morgan fingerprint density at radius 1 is 0.393 bits per heavy atom. The van der Waals surface area contributed by atoms with E-state index in [0.29, 0.717) is 0 Å². The van der Waals surface area contributed by atoms with Crippen molar-refractivity contribution in [3.8, 4) is 27.9 Å². The molecule has 2 unspecified atom stereocenters. The van der Waals surface area contributed by atoms with Gasteiger partial charge in [0.25, 0.3) is 0 Å². The van der Waals surface area contributed by atoms with Crippen LogP contribution in [0.5, 0.6) is 0 Å². The van der Waals surface area contributed by atoms with E-state index in [-0.39, 0.29) is 12.0 Å². The van der Waals surface area contributed by atoms with Crippen molar-refractivity contribution in [3.63, 3.8) is 0 Å². The fraction of sp³-hybridized carbons (Fsp3) is 0.0370. The van der Waals surface area contributed by atoms with Crippen molar-refractivity contribution >= 4 is 60.7 Å². The van der Waals surface area contributed by atoms with Gasteiger partial charge in [-0.05, 0) is 96.5 Å². The van der Waals surface area contributed by atoms with Gasteiger partial charge in [0.2, 0.25) is 0 Å². The van der Waals surface area contributed by atoms with Gasteiger partial charge in [-0.3, -0.25) is 0 Å². The maximum absolute atomic E-state index is 2.59. The minimum atomic E-state index is 0.129. The van der Waals surface area contributed by atoms with Gasteiger partial charge in [-0.25, -0.2) is 0 Å². The average Bonchev–Trinajstić information content (AvgIpc) is 3.79. The topological polar surface area (TPSA) is 8.17 Å². The molecule has 0 saturated heterocycles. The predicted octanol–water partition coefficient (Wildman–Crippen LogP) is 14.1. The van der Waals surface area contributed by atoms with E-state index >= 15 is 0 Å². The number of benzene rings is 9. The second-order valence-corrected chi connectivity index (χ2v) is 15.2. The molecule has 2 nitrogen and oxygen atoms in total. The van der Waals surface area contributed by atoms with Crippen LogP contribution in [0.2, 0.25) is 0 Å². The molecule has 262 valence electrons. The molecule has 10 aromatic rings. The van der Waals surface area contributed by atoms with Crippen molar-refractivity contribution < 1.29 is 0 Å². The van der Waals surface area contributed by atoms with Gasteiger partial charge in [-0.1, -0.05) is 170 Å². The van der Waals surface area contributed by atoms with Gasteiger partial charge in [-0.15, -0.1) is 0 Å². The van der Waals surface area contributed by atoms with Crippen LogP contribution in [0, 0.1) is 0 Å². The lowest BCUT2D eigenvalue weighted by atomic mass is 9.82. The van der Waals surface area contributed by atoms with Crippen LogP contribution >= 0.6 is 0 Å². The zero-order valence-electron chi connectivity index (χ0n) is 30.7. The lowest BCUT2D eigenvalue weighted by molar-refractivity contribution is 0.726. The first-order valence-corrected chi connectivity index (χ1v) is 19.6. The third-order valence-electron chi connectivity index (χ3n) is 12.3. The van der Waals surface area contributed by atoms with Crippen molar-refractivity contribution in [2.24, 2.45) is 0 Å². The highest BCUT2D eigenvalue weighted by molar-refractivity contribution is 6.25. The molecule has 0 N–H and O–H groups in total. The first-order chi connectivity index (χ1) is 27.8. The molecular formula is C54H36N2. The second-order valence-electron chi connectivity index (χ2n) is 15.2. The molecule has 2 aliphatic rings. The van der Waals surface area contributed by atoms with Crippen molar-refractivity contribution in [2.75, 3.05) is 4.90 Å². The van der Waals surface area contributed by atoms with Gasteiger partial charge in [0.15, 0.2) is 0 Å². The van der Waals surface area contributed by atoms with Crippen molar-refractivity contribution in [2.45, 2.75) is 12.0 Å². The van der Waals surface area contributed by atoms with Gasteiger partial charge >= 0.3 is 0 Å². The summed E-state index contributed by atoms with van der Waals surface area (Å²) in [7, 11) is 0. The smallest absolute Gasteiger partial charge is 0.0637 e. The van der Waals surface area contributed by atoms with Crippen LogP contribution in [0.4, 0.5) is 11.4 Å². The van der Waals surface area contributed by atoms with Crippen molar-refractivity contribution in [3.05, 3.63) is 217 Å². The Kier molecular flexibility index (Phi) is 6.79. The van der Waals surface area contributed by atoms with E-state index in [2.05, 4.69) is 216 Å². The van der Waals surface area contributed by atoms with Crippen molar-refractivity contribution in [1.82, 2.24) is 4.57 Å². The number of para-hydroxylation sites is 3. The summed E-state index contributed by atoms with van der Waals surface area (Å²) in [6.45, 7) is 0. The van der Waals surface area contributed by atoms with Crippen LogP contribution in [0.3, 0.4) is 0 Å². The number of hydrogen-bond donors (Lipinski definition) is 0. The maximum atomic E-state index is 2.59. The zero-order valence-corrected chi connectivity index (χ0v) is 30.7. The van der Waals surface area contributed by atoms with E-state index in [1.54, 1.807) is 0 Å². The van der Waals surface area contributed by atoms with E-state index in [1.807, 2.05) is 0 Å². The SMILES string of the molecule is C1=CC2C(c3ccccc3N2c2ccc3c4ccccc4c4ccccc4c3c2)c2c1n(-c1ccccc1-c1ccc(-c3ccccc3)cc1)c1ccccc21. The summed E-state index contributed by atoms with van der Waals surface area (Å²) in [4.78, 5) is 2.59. The largest absolute Gasteiger partial charge is 0.333 e. The van der Waals surface area contributed by atoms with E-state index in [9.17, 15) is 0 Å². The quantitative estimate of drug-likeness (QED) is 0.165. The molecule has 1 aromatic heterocycles. The number of anilines is 2. The number of aromatic nitrogens is 1. The Bertz CT molecular complexity index is 3170. The highest BCUT2D eigenvalue weighted by atomic mass is 15.2. The normalized spacial score (nSPS) is 15.8. The molecule has 0 amide bonds. The Balaban J connectivity index is 1.03. The van der Waals surface area contributed by atoms with Gasteiger partial charge in [-0.2, -0.15) is 0 Å². The molecule has 12 rings (SSSR count). The molecule has 0 radical (unpaired) electrons. The Hall–Kier alpha value is -7.16. The minimum Gasteiger partial charge on any atom is -0.333 e. The molecule has 0 bridgehead atoms. The van der Waals surface area contributed by atoms with E-state index in [4.69, 9.17) is 0 Å². The summed E-state index contributed by atoms with van der Waals surface area (Å²) in [5.74, 6) is 0.165. The Morgan fingerprint density at radius 3 is 1.70 bits per heavy atom. The predicted molar refractivity (Wildman–Crippen MR) is 236 cm³/mol. The Morgan fingerprint density at radius 2 is 0.946 bits per heavy atom. The number of nitrogens with zero attached hydrogens (tertiary/aromatic N) is 2. The lowest BCUT2D eigenvalue weighted by Gasteiger charge is -2.31. The number of rotatable bonds is 4. The lowest BCUT2D eigenvalue weighted by Crippen LogP contribution is -2.30. The molecule has 1 aliphatic carbocycles. The molecular weight excluding hydrogens is 677 g/mol. The minimum absolute atomic E-state index is 0.129. The summed E-state index contributed by atoms with van der Waals surface area (Å²) < 4.78 is 2.51. The van der Waals surface area contributed by atoms with E-state index in [0.717, 1.165) is 0 Å². The average molecular weight is 713 g/mol. The summed E-state index contributed by atoms with van der Waals surface area (Å²) in [6, 6.07) is 71.6. The molecule has 2 heteroatoms. The van der Waals surface area contributed by atoms with Crippen LogP contribution in [-0.4, -0.2) is 10.6 Å². The van der Waals surface area contributed by atoms with Gasteiger partial charge in [0.1, 0.15) is 0 Å². The molecule has 0 saturated carbocycles. The molecule has 0 spiro atoms. The van der Waals surface area contributed by atoms with E-state index < -0.39 is 0 Å². The fourth-order valence-corrected chi connectivity index (χ4v) is 9.95. The first kappa shape index (κ1) is 31.2. The van der Waals surface area contributed by atoms with Crippen LogP contribution in [0.25, 0.3) is 77.2 Å². The maximum Gasteiger partial charge on any atom is 0.0637 e. The monoisotopic (exact) mass is 712 g/mol. The standard InChI is InChI=1S/C54H36N2/c1-2-14-35(15-3-1)36-26-28-37(29-27-36)39-16-8-11-23-48(39)56-50-25-13-10-22-46(50)54-52(56)33-32-51-53(54)45-21-9-12-24-49(45)55(51)38-30-31-44-42-19-5-4-17-40(42)41-18-6-7-20-43(41)47(44)34-38/h1-34,51,53H.